The molecule has 1 unspecified atom stereocenters. The van der Waals surface area contributed by atoms with Gasteiger partial charge in [-0.2, -0.15) is 0 Å². The topological polar surface area (TPSA) is 85.8 Å². The van der Waals surface area contributed by atoms with Gasteiger partial charge >= 0.3 is 0 Å². The van der Waals surface area contributed by atoms with Crippen LogP contribution in [-0.4, -0.2) is 30.9 Å². The Labute approximate surface area is 186 Å². The fraction of sp³-hybridized carbons (Fsp3) is 0.143. The van der Waals surface area contributed by atoms with Crippen molar-refractivity contribution in [1.82, 2.24) is 19.7 Å². The van der Waals surface area contributed by atoms with Crippen molar-refractivity contribution >= 4 is 39.3 Å². The number of nitrogens with zero attached hydrogens (tertiary/aromatic N) is 4. The summed E-state index contributed by atoms with van der Waals surface area (Å²) in [6.45, 7) is 2.29. The fourth-order valence-electron chi connectivity index (χ4n) is 2.77. The lowest BCUT2D eigenvalue weighted by Crippen LogP contribution is -2.23. The van der Waals surface area contributed by atoms with Crippen LogP contribution in [0.3, 0.4) is 0 Å². The van der Waals surface area contributed by atoms with E-state index in [0.717, 1.165) is 21.5 Å². The highest BCUT2D eigenvalue weighted by Gasteiger charge is 2.22. The maximum atomic E-state index is 12.7. The Hall–Kier alpha value is -2.91. The van der Waals surface area contributed by atoms with Gasteiger partial charge in [-0.05, 0) is 55.5 Å². The number of furan rings is 1. The number of halogens is 1. The molecular weight excluding hydrogens is 466 g/mol. The van der Waals surface area contributed by atoms with Gasteiger partial charge in [0.05, 0.1) is 18.1 Å². The quantitative estimate of drug-likeness (QED) is 0.377. The molecule has 0 radical (unpaired) electrons. The molecule has 0 aliphatic carbocycles. The minimum Gasteiger partial charge on any atom is -0.467 e. The first-order valence-corrected chi connectivity index (χ1v) is 10.9. The molecule has 1 N–H and O–H groups in total. The molecule has 4 aromatic rings. The van der Waals surface area contributed by atoms with Crippen LogP contribution in [-0.2, 0) is 11.3 Å². The lowest BCUT2D eigenvalue weighted by molar-refractivity contribution is -0.115. The van der Waals surface area contributed by atoms with Crippen LogP contribution >= 0.6 is 27.7 Å². The minimum absolute atomic E-state index is 0.113. The van der Waals surface area contributed by atoms with Crippen LogP contribution in [0.25, 0.3) is 11.4 Å². The third kappa shape index (κ3) is 4.80. The van der Waals surface area contributed by atoms with E-state index >= 15 is 0 Å². The number of carbonyl (C=O) groups excluding carboxylic acids is 1. The number of benzene rings is 1. The van der Waals surface area contributed by atoms with Crippen LogP contribution in [0.4, 0.5) is 5.69 Å². The van der Waals surface area contributed by atoms with Crippen LogP contribution in [0, 0.1) is 0 Å². The van der Waals surface area contributed by atoms with E-state index in [1.54, 1.807) is 18.7 Å². The Kier molecular flexibility index (Phi) is 6.29. The first-order valence-electron chi connectivity index (χ1n) is 9.19. The van der Waals surface area contributed by atoms with Crippen molar-refractivity contribution in [2.24, 2.45) is 0 Å². The maximum Gasteiger partial charge on any atom is 0.237 e. The van der Waals surface area contributed by atoms with E-state index in [1.807, 2.05) is 60.0 Å². The molecule has 3 aromatic heterocycles. The molecule has 30 heavy (non-hydrogen) atoms. The van der Waals surface area contributed by atoms with Crippen LogP contribution in [0.1, 0.15) is 12.7 Å². The number of nitrogens with one attached hydrogen (secondary N) is 1. The van der Waals surface area contributed by atoms with Crippen LogP contribution in [0.2, 0.25) is 0 Å². The Morgan fingerprint density at radius 3 is 2.73 bits per heavy atom. The van der Waals surface area contributed by atoms with E-state index in [4.69, 9.17) is 4.42 Å². The lowest BCUT2D eigenvalue weighted by atomic mass is 10.2. The Balaban J connectivity index is 1.56. The summed E-state index contributed by atoms with van der Waals surface area (Å²) in [5.74, 6) is 1.33. The van der Waals surface area contributed by atoms with Gasteiger partial charge in [-0.25, -0.2) is 0 Å². The molecule has 7 nitrogen and oxygen atoms in total. The van der Waals surface area contributed by atoms with Crippen molar-refractivity contribution in [2.75, 3.05) is 5.32 Å². The van der Waals surface area contributed by atoms with E-state index in [9.17, 15) is 4.79 Å². The molecule has 9 heteroatoms. The molecule has 3 heterocycles. The molecule has 1 aromatic carbocycles. The van der Waals surface area contributed by atoms with Crippen LogP contribution < -0.4 is 5.32 Å². The van der Waals surface area contributed by atoms with Gasteiger partial charge in [0.2, 0.25) is 5.91 Å². The number of pyridine rings is 1. The smallest absolute Gasteiger partial charge is 0.237 e. The molecule has 0 spiro atoms. The summed E-state index contributed by atoms with van der Waals surface area (Å²) in [4.78, 5) is 16.8. The third-order valence-corrected chi connectivity index (χ3v) is 5.90. The summed E-state index contributed by atoms with van der Waals surface area (Å²) in [5.41, 5.74) is 1.58. The second-order valence-corrected chi connectivity index (χ2v) is 8.69. The van der Waals surface area contributed by atoms with Crippen molar-refractivity contribution in [2.45, 2.75) is 23.9 Å². The number of rotatable bonds is 7. The van der Waals surface area contributed by atoms with E-state index in [-0.39, 0.29) is 11.2 Å². The van der Waals surface area contributed by atoms with E-state index in [0.29, 0.717) is 17.5 Å². The van der Waals surface area contributed by atoms with Crippen LogP contribution in [0.5, 0.6) is 0 Å². The van der Waals surface area contributed by atoms with Gasteiger partial charge in [0.25, 0.3) is 0 Å². The van der Waals surface area contributed by atoms with Gasteiger partial charge in [0.1, 0.15) is 5.76 Å². The van der Waals surface area contributed by atoms with Crippen molar-refractivity contribution < 1.29 is 9.21 Å². The largest absolute Gasteiger partial charge is 0.467 e. The van der Waals surface area contributed by atoms with E-state index < -0.39 is 0 Å². The zero-order valence-corrected chi connectivity index (χ0v) is 18.4. The molecule has 4 rings (SSSR count). The minimum atomic E-state index is -0.380. The second kappa shape index (κ2) is 9.27. The average molecular weight is 484 g/mol. The molecule has 1 amide bonds. The standard InChI is InChI=1S/C21H18BrN5O2S/c1-14(20(28)24-17-8-6-16(22)7-9-17)30-21-26-25-19(15-4-2-10-23-12-15)27(21)13-18-5-3-11-29-18/h2-12,14H,13H2,1H3,(H,24,28). The average Bonchev–Trinajstić information content (AvgIpc) is 3.41. The maximum absolute atomic E-state index is 12.7. The predicted molar refractivity (Wildman–Crippen MR) is 119 cm³/mol. The number of amides is 1. The zero-order valence-electron chi connectivity index (χ0n) is 16.0. The molecule has 0 aliphatic heterocycles. The third-order valence-electron chi connectivity index (χ3n) is 4.29. The predicted octanol–water partition coefficient (Wildman–Crippen LogP) is 4.86. The molecule has 0 fully saturated rings. The fourth-order valence-corrected chi connectivity index (χ4v) is 3.89. The Morgan fingerprint density at radius 1 is 1.20 bits per heavy atom. The number of hydrogen-bond donors (Lipinski definition) is 1. The van der Waals surface area contributed by atoms with Gasteiger partial charge in [-0.1, -0.05) is 27.7 Å². The molecular formula is C21H18BrN5O2S. The molecule has 0 aliphatic rings. The molecule has 0 saturated carbocycles. The Morgan fingerprint density at radius 2 is 2.03 bits per heavy atom. The summed E-state index contributed by atoms with van der Waals surface area (Å²) in [6, 6.07) is 15.0. The van der Waals surface area contributed by atoms with Gasteiger partial charge < -0.3 is 9.73 Å². The summed E-state index contributed by atoms with van der Waals surface area (Å²) in [7, 11) is 0. The van der Waals surface area contributed by atoms with E-state index in [1.165, 1.54) is 11.8 Å². The van der Waals surface area contributed by atoms with Gasteiger partial charge in [0.15, 0.2) is 11.0 Å². The van der Waals surface area contributed by atoms with Gasteiger partial charge in [-0.3, -0.25) is 14.3 Å². The second-order valence-electron chi connectivity index (χ2n) is 6.47. The number of aromatic nitrogens is 4. The highest BCUT2D eigenvalue weighted by molar-refractivity contribution is 9.10. The van der Waals surface area contributed by atoms with Crippen molar-refractivity contribution in [1.29, 1.82) is 0 Å². The summed E-state index contributed by atoms with van der Waals surface area (Å²) >= 11 is 4.74. The first-order chi connectivity index (χ1) is 14.6. The first kappa shape index (κ1) is 20.4. The van der Waals surface area contributed by atoms with E-state index in [2.05, 4.69) is 36.4 Å². The summed E-state index contributed by atoms with van der Waals surface area (Å²) in [5, 5.41) is 11.9. The number of hydrogen-bond acceptors (Lipinski definition) is 6. The highest BCUT2D eigenvalue weighted by Crippen LogP contribution is 2.28. The van der Waals surface area contributed by atoms with Crippen molar-refractivity contribution in [3.63, 3.8) is 0 Å². The molecule has 0 saturated heterocycles. The Bertz CT molecular complexity index is 1110. The summed E-state index contributed by atoms with van der Waals surface area (Å²) in [6.07, 6.45) is 5.08. The van der Waals surface area contributed by atoms with Crippen molar-refractivity contribution in [3.05, 3.63) is 77.4 Å². The lowest BCUT2D eigenvalue weighted by Gasteiger charge is -2.13. The van der Waals surface area contributed by atoms with Gasteiger partial charge in [0, 0.05) is 28.1 Å². The highest BCUT2D eigenvalue weighted by atomic mass is 79.9. The van der Waals surface area contributed by atoms with Gasteiger partial charge in [-0.15, -0.1) is 10.2 Å². The summed E-state index contributed by atoms with van der Waals surface area (Å²) < 4.78 is 8.40. The molecule has 0 bridgehead atoms. The van der Waals surface area contributed by atoms with Crippen LogP contribution in [0.15, 0.2) is 81.2 Å². The number of thioether (sulfide) groups is 1. The number of anilines is 1. The SMILES string of the molecule is CC(Sc1nnc(-c2cccnc2)n1Cc1ccco1)C(=O)Nc1ccc(Br)cc1. The monoisotopic (exact) mass is 483 g/mol. The normalized spacial score (nSPS) is 11.9. The molecule has 152 valence electrons. The zero-order chi connectivity index (χ0) is 20.9. The number of carbonyl (C=O) groups is 1. The molecule has 1 atom stereocenters. The van der Waals surface area contributed by atoms with Crippen molar-refractivity contribution in [3.8, 4) is 11.4 Å².